The van der Waals surface area contributed by atoms with Crippen LogP contribution in [-0.4, -0.2) is 30.9 Å². The van der Waals surface area contributed by atoms with E-state index < -0.39 is 5.91 Å². The van der Waals surface area contributed by atoms with Crippen LogP contribution in [0.5, 0.6) is 11.5 Å². The fourth-order valence-corrected chi connectivity index (χ4v) is 3.21. The van der Waals surface area contributed by atoms with Crippen LogP contribution in [0.1, 0.15) is 21.5 Å². The van der Waals surface area contributed by atoms with Crippen molar-refractivity contribution in [3.8, 4) is 11.5 Å². The predicted octanol–water partition coefficient (Wildman–Crippen LogP) is 2.75. The maximum atomic E-state index is 11.5. The predicted molar refractivity (Wildman–Crippen MR) is 85.8 cm³/mol. The molecule has 0 bridgehead atoms. The molecule has 4 nitrogen and oxygen atoms in total. The lowest BCUT2D eigenvalue weighted by Gasteiger charge is -2.14. The zero-order chi connectivity index (χ0) is 15.3. The van der Waals surface area contributed by atoms with E-state index >= 15 is 0 Å². The number of benzene rings is 2. The first-order valence-electron chi connectivity index (χ1n) is 7.25. The van der Waals surface area contributed by atoms with E-state index in [1.165, 1.54) is 11.1 Å². The molecular formula is C18H16N2O2. The van der Waals surface area contributed by atoms with Gasteiger partial charge in [-0.1, -0.05) is 18.2 Å². The Balaban J connectivity index is 1.99. The first-order chi connectivity index (χ1) is 10.6. The molecule has 2 N–H and O–H groups in total. The lowest BCUT2D eigenvalue weighted by Crippen LogP contribution is -2.15. The van der Waals surface area contributed by atoms with Crippen molar-refractivity contribution in [1.29, 1.82) is 0 Å². The smallest absolute Gasteiger partial charge is 0.248 e. The maximum Gasteiger partial charge on any atom is 0.248 e. The van der Waals surface area contributed by atoms with Crippen LogP contribution in [0.25, 0.3) is 11.1 Å². The van der Waals surface area contributed by atoms with Crippen LogP contribution in [0.3, 0.4) is 0 Å². The fourth-order valence-electron chi connectivity index (χ4n) is 3.21. The zero-order valence-electron chi connectivity index (χ0n) is 12.3. The summed E-state index contributed by atoms with van der Waals surface area (Å²) in [5, 5.41) is 0. The van der Waals surface area contributed by atoms with Gasteiger partial charge in [-0.15, -0.1) is 0 Å². The van der Waals surface area contributed by atoms with Crippen molar-refractivity contribution in [2.24, 2.45) is 5.73 Å². The van der Waals surface area contributed by atoms with Gasteiger partial charge < -0.3 is 10.5 Å². The van der Waals surface area contributed by atoms with Gasteiger partial charge in [0.2, 0.25) is 5.91 Å². The van der Waals surface area contributed by atoms with Gasteiger partial charge in [0, 0.05) is 29.8 Å². The van der Waals surface area contributed by atoms with E-state index in [0.29, 0.717) is 5.56 Å². The van der Waals surface area contributed by atoms with E-state index in [1.807, 2.05) is 30.3 Å². The highest BCUT2D eigenvalue weighted by Crippen LogP contribution is 2.45. The minimum atomic E-state index is -0.418. The Kier molecular flexibility index (Phi) is 2.81. The van der Waals surface area contributed by atoms with Crippen molar-refractivity contribution in [2.75, 3.05) is 20.1 Å². The number of rotatable bonds is 1. The summed E-state index contributed by atoms with van der Waals surface area (Å²) in [6.07, 6.45) is 0. The third-order valence-corrected chi connectivity index (χ3v) is 4.24. The van der Waals surface area contributed by atoms with Gasteiger partial charge in [-0.05, 0) is 42.5 Å². The van der Waals surface area contributed by atoms with Gasteiger partial charge in [0.25, 0.3) is 0 Å². The molecule has 4 rings (SSSR count). The third-order valence-electron chi connectivity index (χ3n) is 4.24. The number of nitrogens with two attached hydrogens (primary N) is 1. The number of hydrogen-bond donors (Lipinski definition) is 1. The number of carbonyl (C=O) groups is 1. The average molecular weight is 292 g/mol. The van der Waals surface area contributed by atoms with Crippen molar-refractivity contribution in [3.63, 3.8) is 0 Å². The summed E-state index contributed by atoms with van der Waals surface area (Å²) in [7, 11) is 2.09. The lowest BCUT2D eigenvalue weighted by molar-refractivity contribution is 0.100. The Morgan fingerprint density at radius 2 is 1.73 bits per heavy atom. The first-order valence-corrected chi connectivity index (χ1v) is 7.25. The summed E-state index contributed by atoms with van der Waals surface area (Å²) in [6, 6.07) is 13.5. The number of nitrogens with zero attached hydrogens (tertiary/aromatic N) is 1. The number of para-hydroxylation sites is 1. The number of ether oxygens (including phenoxy) is 1. The van der Waals surface area contributed by atoms with Crippen LogP contribution in [0.15, 0.2) is 42.5 Å². The van der Waals surface area contributed by atoms with E-state index in [9.17, 15) is 4.79 Å². The second-order valence-corrected chi connectivity index (χ2v) is 5.80. The van der Waals surface area contributed by atoms with Crippen LogP contribution >= 0.6 is 0 Å². The molecule has 0 saturated carbocycles. The van der Waals surface area contributed by atoms with Gasteiger partial charge in [-0.3, -0.25) is 9.69 Å². The molecule has 2 aromatic carbocycles. The molecule has 0 unspecified atom stereocenters. The Morgan fingerprint density at radius 1 is 1.05 bits per heavy atom. The number of hydrogen-bond acceptors (Lipinski definition) is 3. The Morgan fingerprint density at radius 3 is 2.50 bits per heavy atom. The molecule has 2 heterocycles. The summed E-state index contributed by atoms with van der Waals surface area (Å²) in [4.78, 5) is 13.8. The fraction of sp³-hybridized carbons (Fsp3) is 0.167. The second-order valence-electron chi connectivity index (χ2n) is 5.80. The molecule has 0 atom stereocenters. The Hall–Kier alpha value is -2.59. The first kappa shape index (κ1) is 13.1. The van der Waals surface area contributed by atoms with Crippen LogP contribution in [-0.2, 0) is 0 Å². The highest BCUT2D eigenvalue weighted by atomic mass is 16.5. The molecule has 2 aromatic rings. The van der Waals surface area contributed by atoms with Crippen molar-refractivity contribution < 1.29 is 9.53 Å². The second kappa shape index (κ2) is 4.71. The summed E-state index contributed by atoms with van der Waals surface area (Å²) in [5.74, 6) is 1.21. The molecule has 0 spiro atoms. The van der Waals surface area contributed by atoms with Crippen LogP contribution < -0.4 is 10.5 Å². The molecule has 0 aliphatic carbocycles. The van der Waals surface area contributed by atoms with E-state index in [0.717, 1.165) is 35.7 Å². The zero-order valence-corrected chi connectivity index (χ0v) is 12.3. The van der Waals surface area contributed by atoms with Gasteiger partial charge in [0.05, 0.1) is 0 Å². The Bertz CT molecular complexity index is 824. The highest BCUT2D eigenvalue weighted by Gasteiger charge is 2.29. The normalized spacial score (nSPS) is 16.4. The van der Waals surface area contributed by atoms with Gasteiger partial charge in [0.15, 0.2) is 0 Å². The van der Waals surface area contributed by atoms with E-state index in [1.54, 1.807) is 6.07 Å². The average Bonchev–Trinajstić information content (AvgIpc) is 2.84. The van der Waals surface area contributed by atoms with Crippen LogP contribution in [0.2, 0.25) is 0 Å². The molecular weight excluding hydrogens is 276 g/mol. The van der Waals surface area contributed by atoms with Gasteiger partial charge in [0.1, 0.15) is 11.5 Å². The standard InChI is InChI=1S/C18H16N2O2/c1-20-9-14-12-4-2-3-5-16(12)22-17-7-6-11(18(19)21)8-13(17)15(14)10-20/h2-8H,9-10H2,1H3,(H2,19,21). The van der Waals surface area contributed by atoms with Gasteiger partial charge in [-0.2, -0.15) is 0 Å². The molecule has 2 aliphatic rings. The number of amides is 1. The molecule has 1 amide bonds. The Labute approximate surface area is 128 Å². The summed E-state index contributed by atoms with van der Waals surface area (Å²) < 4.78 is 6.10. The number of likely N-dealkylation sites (N-methyl/N-ethyl adjacent to an activating group) is 1. The van der Waals surface area contributed by atoms with E-state index in [4.69, 9.17) is 10.5 Å². The largest absolute Gasteiger partial charge is 0.456 e. The summed E-state index contributed by atoms with van der Waals surface area (Å²) in [6.45, 7) is 1.71. The van der Waals surface area contributed by atoms with Crippen molar-refractivity contribution in [1.82, 2.24) is 4.90 Å². The number of primary amides is 1. The minimum Gasteiger partial charge on any atom is -0.456 e. The molecule has 0 radical (unpaired) electrons. The topological polar surface area (TPSA) is 55.6 Å². The molecule has 0 saturated heterocycles. The third kappa shape index (κ3) is 1.92. The van der Waals surface area contributed by atoms with Crippen LogP contribution in [0.4, 0.5) is 0 Å². The molecule has 22 heavy (non-hydrogen) atoms. The molecule has 0 aromatic heterocycles. The quantitative estimate of drug-likeness (QED) is 0.879. The molecule has 4 heteroatoms. The molecule has 110 valence electrons. The van der Waals surface area contributed by atoms with E-state index in [2.05, 4.69) is 18.0 Å². The van der Waals surface area contributed by atoms with Gasteiger partial charge >= 0.3 is 0 Å². The van der Waals surface area contributed by atoms with Crippen molar-refractivity contribution in [3.05, 3.63) is 59.2 Å². The summed E-state index contributed by atoms with van der Waals surface area (Å²) in [5.41, 5.74) is 10.5. The maximum absolute atomic E-state index is 11.5. The summed E-state index contributed by atoms with van der Waals surface area (Å²) >= 11 is 0. The SMILES string of the molecule is CN1CC2=C(C1)c1cc(C(N)=O)ccc1Oc1ccccc12. The molecule has 2 aliphatic heterocycles. The number of carbonyl (C=O) groups excluding carboxylic acids is 1. The van der Waals surface area contributed by atoms with Crippen molar-refractivity contribution >= 4 is 17.1 Å². The molecule has 0 fully saturated rings. The van der Waals surface area contributed by atoms with Crippen LogP contribution in [0, 0.1) is 0 Å². The highest BCUT2D eigenvalue weighted by molar-refractivity contribution is 6.01. The monoisotopic (exact) mass is 292 g/mol. The van der Waals surface area contributed by atoms with E-state index in [-0.39, 0.29) is 0 Å². The van der Waals surface area contributed by atoms with Gasteiger partial charge in [-0.25, -0.2) is 0 Å². The number of fused-ring (bicyclic) bond motifs is 4. The van der Waals surface area contributed by atoms with Crippen molar-refractivity contribution in [2.45, 2.75) is 0 Å². The minimum absolute atomic E-state index is 0.418. The lowest BCUT2D eigenvalue weighted by atomic mass is 9.96.